The fourth-order valence-electron chi connectivity index (χ4n) is 6.80. The number of ether oxygens (including phenoxy) is 3. The van der Waals surface area contributed by atoms with E-state index in [1.807, 2.05) is 5.01 Å². The average Bonchev–Trinajstić information content (AvgIpc) is 3.41. The Hall–Kier alpha value is -0.335. The highest BCUT2D eigenvalue weighted by Gasteiger charge is 2.63. The first-order chi connectivity index (χ1) is 20.4. The summed E-state index contributed by atoms with van der Waals surface area (Å²) in [6, 6.07) is -1.81. The molecule has 7 heterocycles. The van der Waals surface area contributed by atoms with Crippen LogP contribution in [-0.4, -0.2) is 192 Å². The fraction of sp³-hybridized carbons (Fsp3) is 1.00. The monoisotopic (exact) mass is 630 g/mol. The summed E-state index contributed by atoms with van der Waals surface area (Å²) in [4.78, 5) is 24.1. The largest absolute Gasteiger partial charge is 0.469 e. The fourth-order valence-corrected chi connectivity index (χ4v) is 7.14. The van der Waals surface area contributed by atoms with Crippen LogP contribution in [0.2, 0.25) is 0 Å². The topological polar surface area (TPSA) is 229 Å². The molecule has 2 bridgehead atoms. The van der Waals surface area contributed by atoms with Crippen LogP contribution in [-0.2, 0) is 28.1 Å². The zero-order valence-corrected chi connectivity index (χ0v) is 24.3. The van der Waals surface area contributed by atoms with Crippen molar-refractivity contribution in [3.8, 4) is 0 Å². The summed E-state index contributed by atoms with van der Waals surface area (Å²) in [7, 11) is 7.04. The molecule has 0 aliphatic carbocycles. The molecular weight excluding hydrogens is 594 g/mol. The third kappa shape index (κ3) is 5.55. The number of hydrazine groups is 6. The molecule has 0 aromatic heterocycles. The van der Waals surface area contributed by atoms with E-state index in [1.54, 1.807) is 24.3 Å². The van der Waals surface area contributed by atoms with Crippen molar-refractivity contribution in [3.63, 3.8) is 0 Å². The third-order valence-electron chi connectivity index (χ3n) is 9.35. The quantitative estimate of drug-likeness (QED) is 0.0852. The van der Waals surface area contributed by atoms with Crippen LogP contribution in [0.25, 0.3) is 0 Å². The van der Waals surface area contributed by atoms with Gasteiger partial charge < -0.3 is 44.5 Å². The minimum Gasteiger partial charge on any atom is -0.388 e. The van der Waals surface area contributed by atoms with Crippen LogP contribution in [0, 0.1) is 0 Å². The summed E-state index contributed by atoms with van der Waals surface area (Å²) in [6.07, 6.45) is -6.98. The van der Waals surface area contributed by atoms with Gasteiger partial charge in [0.1, 0.15) is 49.5 Å². The van der Waals surface area contributed by atoms with E-state index >= 15 is 0 Å². The van der Waals surface area contributed by atoms with Gasteiger partial charge in [-0.05, 0) is 11.2 Å². The second kappa shape index (κ2) is 11.7. The lowest BCUT2D eigenvalue weighted by molar-refractivity contribution is -0.496. The molecule has 7 aliphatic heterocycles. The molecule has 24 heteroatoms. The minimum absolute atomic E-state index is 0.0386. The number of nitrogens with zero attached hydrogens (tertiary/aromatic N) is 5. The molecule has 3 radical (unpaired) electrons. The van der Waals surface area contributed by atoms with Gasteiger partial charge in [0.2, 0.25) is 7.41 Å². The molecule has 9 N–H and O–H groups in total. The van der Waals surface area contributed by atoms with E-state index in [9.17, 15) is 29.7 Å². The smallest absolute Gasteiger partial charge is 0.388 e. The van der Waals surface area contributed by atoms with Crippen molar-refractivity contribution in [2.75, 3.05) is 40.4 Å². The van der Waals surface area contributed by atoms with Crippen molar-refractivity contribution in [1.82, 2.24) is 47.1 Å². The Morgan fingerprint density at radius 3 is 2.40 bits per heavy atom. The Bertz CT molecular complexity index is 1100. The van der Waals surface area contributed by atoms with Crippen LogP contribution in [0.3, 0.4) is 0 Å². The molecule has 7 saturated heterocycles. The number of rotatable bonds is 9. The lowest BCUT2D eigenvalue weighted by Crippen LogP contribution is -2.89. The van der Waals surface area contributed by atoms with Crippen molar-refractivity contribution < 1.29 is 53.2 Å². The summed E-state index contributed by atoms with van der Waals surface area (Å²) in [5.41, 5.74) is 9.23. The molecule has 7 rings (SSSR count). The van der Waals surface area contributed by atoms with Gasteiger partial charge in [-0.25, -0.2) is 14.6 Å². The Kier molecular flexibility index (Phi) is 8.53. The molecule has 0 aromatic rings. The van der Waals surface area contributed by atoms with E-state index in [0.717, 1.165) is 0 Å². The van der Waals surface area contributed by atoms with Crippen LogP contribution in [0.1, 0.15) is 0 Å². The third-order valence-corrected chi connectivity index (χ3v) is 9.83. The highest BCUT2D eigenvalue weighted by Crippen LogP contribution is 2.43. The van der Waals surface area contributed by atoms with Gasteiger partial charge in [-0.3, -0.25) is 20.2 Å². The summed E-state index contributed by atoms with van der Waals surface area (Å²) >= 11 is 0. The number of aliphatic hydroxyl groups excluding tert-OH is 3. The number of hydrogen-bond acceptors (Lipinski definition) is 18. The average molecular weight is 630 g/mol. The zero-order valence-electron chi connectivity index (χ0n) is 23.4. The maximum atomic E-state index is 11.4. The second-order valence-electron chi connectivity index (χ2n) is 11.9. The van der Waals surface area contributed by atoms with Crippen molar-refractivity contribution in [2.45, 2.75) is 78.9 Å². The number of phosphoric ester groups is 1. The maximum Gasteiger partial charge on any atom is 0.469 e. The molecule has 11 unspecified atom stereocenters. The Balaban J connectivity index is 1.05. The lowest BCUT2D eigenvalue weighted by Gasteiger charge is -2.66. The molecule has 237 valence electrons. The van der Waals surface area contributed by atoms with Crippen molar-refractivity contribution >= 4 is 29.6 Å². The van der Waals surface area contributed by atoms with E-state index in [1.165, 1.54) is 12.7 Å². The van der Waals surface area contributed by atoms with Gasteiger partial charge in [-0.15, -0.1) is 15.8 Å². The summed E-state index contributed by atoms with van der Waals surface area (Å²) in [6.45, 7) is -0.0883. The first-order valence-electron chi connectivity index (χ1n) is 14.2. The molecule has 7 fully saturated rings. The Labute approximate surface area is 249 Å². The predicted molar refractivity (Wildman–Crippen MR) is 144 cm³/mol. The molecule has 20 nitrogen and oxygen atoms in total. The van der Waals surface area contributed by atoms with Gasteiger partial charge >= 0.3 is 7.82 Å². The molecule has 0 spiro atoms. The lowest BCUT2D eigenvalue weighted by atomic mass is 9.23. The molecule has 43 heavy (non-hydrogen) atoms. The Morgan fingerprint density at radius 1 is 1.02 bits per heavy atom. The van der Waals surface area contributed by atoms with Gasteiger partial charge in [0.15, 0.2) is 6.60 Å². The standard InChI is InChI=1S/C19H36B3N9O11P/c1-27-26-31(28(27)2)38-5-9-12(32)13(33)16(40-9)21-23-17-11-19(30-4-8-7(24-25-8)3-29(11)30)42-15-10(6-39-43(35,36)37)41-18(14(15)34)22(17)20/h7-19,23-26,32-34H,3-6H2,1-2H3,(H2,35,36,37)/t7?,8-,9?,10?,11?,12?,13?,14?,15?,16?,17-,18?,19?/m0/s1. The van der Waals surface area contributed by atoms with Gasteiger partial charge in [-0.2, -0.15) is 0 Å². The number of phosphoric acid groups is 1. The predicted octanol–water partition coefficient (Wildman–Crippen LogP) is -7.67. The van der Waals surface area contributed by atoms with Crippen molar-refractivity contribution in [1.29, 1.82) is 0 Å². The summed E-state index contributed by atoms with van der Waals surface area (Å²) < 4.78 is 34.4. The minimum atomic E-state index is -4.80. The van der Waals surface area contributed by atoms with Crippen LogP contribution in [0.4, 0.5) is 0 Å². The van der Waals surface area contributed by atoms with E-state index in [4.69, 9.17) is 31.3 Å². The maximum absolute atomic E-state index is 11.4. The molecule has 0 saturated carbocycles. The first-order valence-corrected chi connectivity index (χ1v) is 15.7. The number of nitrogens with one attached hydrogen (secondary N) is 4. The number of aliphatic hydroxyl groups is 3. The van der Waals surface area contributed by atoms with Gasteiger partial charge in [0, 0.05) is 34.9 Å². The van der Waals surface area contributed by atoms with Gasteiger partial charge in [-0.1, -0.05) is 0 Å². The van der Waals surface area contributed by atoms with Gasteiger partial charge in [0.05, 0.1) is 36.7 Å². The highest BCUT2D eigenvalue weighted by molar-refractivity contribution is 7.46. The van der Waals surface area contributed by atoms with E-state index in [2.05, 4.69) is 26.6 Å². The molecule has 0 amide bonds. The summed E-state index contributed by atoms with van der Waals surface area (Å²) in [5, 5.41) is 44.7. The molecular formula is C19H36B3N9O11P. The number of fused-ring (bicyclic) bond motifs is 7. The Morgan fingerprint density at radius 2 is 1.74 bits per heavy atom. The van der Waals surface area contributed by atoms with Crippen LogP contribution >= 0.6 is 7.82 Å². The highest BCUT2D eigenvalue weighted by atomic mass is 31.2. The van der Waals surface area contributed by atoms with Gasteiger partial charge in [0.25, 0.3) is 0 Å². The van der Waals surface area contributed by atoms with Crippen molar-refractivity contribution in [3.05, 3.63) is 0 Å². The SMILES string of the molecule is [B]B1C2OC(COP(=O)(O)O)C(OC3C([C@@H]1N[B]C1OC(CON4NN(C)N4C)C(O)C1O)N1CC4NN[C@H]4CN31)C2O. The van der Waals surface area contributed by atoms with E-state index in [0.29, 0.717) is 13.1 Å². The van der Waals surface area contributed by atoms with E-state index in [-0.39, 0.29) is 24.7 Å². The number of hydrogen-bond donors (Lipinski definition) is 9. The van der Waals surface area contributed by atoms with E-state index < -0.39 is 81.8 Å². The van der Waals surface area contributed by atoms with Crippen LogP contribution < -0.4 is 21.6 Å². The van der Waals surface area contributed by atoms with Crippen LogP contribution in [0.15, 0.2) is 0 Å². The molecule has 13 atom stereocenters. The summed E-state index contributed by atoms with van der Waals surface area (Å²) in [5.74, 6) is -0.592. The molecule has 0 aromatic carbocycles. The first kappa shape index (κ1) is 31.3. The van der Waals surface area contributed by atoms with Crippen LogP contribution in [0.5, 0.6) is 0 Å². The van der Waals surface area contributed by atoms with Crippen molar-refractivity contribution in [2.24, 2.45) is 0 Å². The molecule has 7 aliphatic rings. The second-order valence-corrected chi connectivity index (χ2v) is 13.1. The zero-order chi connectivity index (χ0) is 30.4. The normalized spacial score (nSPS) is 47.5.